The molecule has 1 aromatic carbocycles. The molecule has 2 bridgehead atoms. The molecule has 6 atom stereocenters. The standard InChI is InChI=1S/C24H31NO2/c1-6-12-22(4)15-24(16-10-8-7-9-11-16)25(20(22)26)19-14-17-13-18(21(17,2)3)23(19,5)27-24/h6-11,17-19H,1,12-15H2,2-5H3/t17-,18-,19+,22-,23-,24+/m1/s1. The van der Waals surface area contributed by atoms with Crippen molar-refractivity contribution in [1.29, 1.82) is 0 Å². The van der Waals surface area contributed by atoms with Gasteiger partial charge in [-0.25, -0.2) is 0 Å². The molecule has 1 amide bonds. The van der Waals surface area contributed by atoms with E-state index in [1.807, 2.05) is 12.1 Å². The third-order valence-electron chi connectivity index (χ3n) is 8.61. The lowest BCUT2D eigenvalue weighted by Crippen LogP contribution is -2.67. The SMILES string of the molecule is C=CC[C@]1(C)C[C@@]2(c3ccccc3)O[C@@]3(C)[C@H](C[C@H]4C[C@@H]3C4(C)C)N2C1=O. The smallest absolute Gasteiger partial charge is 0.231 e. The molecule has 0 spiro atoms. The molecule has 3 heteroatoms. The van der Waals surface area contributed by atoms with Crippen LogP contribution < -0.4 is 0 Å². The Hall–Kier alpha value is -1.61. The number of benzene rings is 1. The van der Waals surface area contributed by atoms with E-state index in [9.17, 15) is 4.79 Å². The molecule has 3 aliphatic carbocycles. The van der Waals surface area contributed by atoms with Gasteiger partial charge in [0, 0.05) is 12.0 Å². The zero-order chi connectivity index (χ0) is 19.2. The molecule has 0 radical (unpaired) electrons. The molecular formula is C24H31NO2. The van der Waals surface area contributed by atoms with Gasteiger partial charge in [0.25, 0.3) is 0 Å². The Morgan fingerprint density at radius 1 is 1.19 bits per heavy atom. The fourth-order valence-corrected chi connectivity index (χ4v) is 7.09. The lowest BCUT2D eigenvalue weighted by Gasteiger charge is -2.65. The van der Waals surface area contributed by atoms with Crippen molar-refractivity contribution in [2.45, 2.75) is 70.7 Å². The molecule has 3 nitrogen and oxygen atoms in total. The largest absolute Gasteiger partial charge is 0.343 e. The molecule has 144 valence electrons. The Bertz CT molecular complexity index is 817. The van der Waals surface area contributed by atoms with Gasteiger partial charge in [-0.15, -0.1) is 6.58 Å². The zero-order valence-corrected chi connectivity index (χ0v) is 17.0. The van der Waals surface area contributed by atoms with Crippen LogP contribution in [0.15, 0.2) is 43.0 Å². The van der Waals surface area contributed by atoms with Crippen molar-refractivity contribution in [1.82, 2.24) is 4.90 Å². The van der Waals surface area contributed by atoms with Crippen LogP contribution in [0.2, 0.25) is 0 Å². The summed E-state index contributed by atoms with van der Waals surface area (Å²) in [6.07, 6.45) is 5.58. The highest BCUT2D eigenvalue weighted by molar-refractivity contribution is 5.87. The maximum absolute atomic E-state index is 13.8. The first-order valence-electron chi connectivity index (χ1n) is 10.4. The van der Waals surface area contributed by atoms with Gasteiger partial charge in [0.05, 0.1) is 17.1 Å². The van der Waals surface area contributed by atoms with Gasteiger partial charge >= 0.3 is 0 Å². The maximum atomic E-state index is 13.8. The van der Waals surface area contributed by atoms with Gasteiger partial charge in [0.1, 0.15) is 0 Å². The van der Waals surface area contributed by atoms with E-state index >= 15 is 0 Å². The summed E-state index contributed by atoms with van der Waals surface area (Å²) in [6, 6.07) is 10.6. The van der Waals surface area contributed by atoms with Crippen LogP contribution in [0.25, 0.3) is 0 Å². The van der Waals surface area contributed by atoms with Gasteiger partial charge in [-0.05, 0) is 43.4 Å². The van der Waals surface area contributed by atoms with Gasteiger partial charge in [-0.3, -0.25) is 4.79 Å². The highest BCUT2D eigenvalue weighted by Crippen LogP contribution is 2.71. The molecule has 5 aliphatic rings. The first-order chi connectivity index (χ1) is 12.7. The van der Waals surface area contributed by atoms with Crippen molar-refractivity contribution in [3.05, 3.63) is 48.6 Å². The summed E-state index contributed by atoms with van der Waals surface area (Å²) in [5.74, 6) is 1.45. The van der Waals surface area contributed by atoms with Crippen molar-refractivity contribution in [2.24, 2.45) is 22.7 Å². The molecule has 27 heavy (non-hydrogen) atoms. The third kappa shape index (κ3) is 1.89. The lowest BCUT2D eigenvalue weighted by molar-refractivity contribution is -0.231. The summed E-state index contributed by atoms with van der Waals surface area (Å²) in [5, 5.41) is 0. The number of nitrogens with zero attached hydrogens (tertiary/aromatic N) is 1. The summed E-state index contributed by atoms with van der Waals surface area (Å²) < 4.78 is 7.12. The second kappa shape index (κ2) is 5.05. The summed E-state index contributed by atoms with van der Waals surface area (Å²) in [6.45, 7) is 13.1. The Morgan fingerprint density at radius 2 is 1.89 bits per heavy atom. The van der Waals surface area contributed by atoms with Crippen molar-refractivity contribution in [2.75, 3.05) is 0 Å². The Morgan fingerprint density at radius 3 is 2.52 bits per heavy atom. The van der Waals surface area contributed by atoms with Crippen molar-refractivity contribution < 1.29 is 9.53 Å². The number of rotatable bonds is 3. The molecule has 6 rings (SSSR count). The molecule has 0 N–H and O–H groups in total. The first kappa shape index (κ1) is 17.5. The molecule has 0 unspecified atom stereocenters. The molecule has 2 heterocycles. The van der Waals surface area contributed by atoms with Crippen LogP contribution in [0.5, 0.6) is 0 Å². The van der Waals surface area contributed by atoms with Crippen LogP contribution in [0.3, 0.4) is 0 Å². The van der Waals surface area contributed by atoms with Crippen molar-refractivity contribution >= 4 is 5.91 Å². The Balaban J connectivity index is 1.67. The van der Waals surface area contributed by atoms with E-state index in [1.165, 1.54) is 6.42 Å². The highest BCUT2D eigenvalue weighted by atomic mass is 16.6. The minimum Gasteiger partial charge on any atom is -0.343 e. The summed E-state index contributed by atoms with van der Waals surface area (Å²) in [4.78, 5) is 15.9. The van der Waals surface area contributed by atoms with Crippen molar-refractivity contribution in [3.8, 4) is 0 Å². The number of ether oxygens (including phenoxy) is 1. The van der Waals surface area contributed by atoms with Crippen LogP contribution in [0, 0.1) is 22.7 Å². The van der Waals surface area contributed by atoms with Gasteiger partial charge in [-0.2, -0.15) is 0 Å². The predicted molar refractivity (Wildman–Crippen MR) is 106 cm³/mol. The van der Waals surface area contributed by atoms with E-state index in [1.54, 1.807) is 0 Å². The minimum absolute atomic E-state index is 0.175. The third-order valence-corrected chi connectivity index (χ3v) is 8.61. The number of amides is 1. The average molecular weight is 366 g/mol. The molecule has 2 saturated heterocycles. The van der Waals surface area contributed by atoms with E-state index in [0.717, 1.165) is 12.0 Å². The number of fused-ring (bicyclic) bond motifs is 1. The fourth-order valence-electron chi connectivity index (χ4n) is 7.09. The van der Waals surface area contributed by atoms with Gasteiger partial charge in [0.2, 0.25) is 5.91 Å². The number of hydrogen-bond donors (Lipinski definition) is 0. The number of carbonyl (C=O) groups excluding carboxylic acids is 1. The summed E-state index contributed by atoms with van der Waals surface area (Å²) >= 11 is 0. The Labute approximate surface area is 162 Å². The van der Waals surface area contributed by atoms with Crippen LogP contribution in [-0.4, -0.2) is 22.4 Å². The van der Waals surface area contributed by atoms with Gasteiger partial charge < -0.3 is 9.64 Å². The average Bonchev–Trinajstić information content (AvgIpc) is 3.01. The van der Waals surface area contributed by atoms with Crippen LogP contribution in [0.4, 0.5) is 0 Å². The van der Waals surface area contributed by atoms with E-state index in [2.05, 4.69) is 63.4 Å². The quantitative estimate of drug-likeness (QED) is 0.715. The van der Waals surface area contributed by atoms with Gasteiger partial charge in [0.15, 0.2) is 5.72 Å². The second-order valence-electron chi connectivity index (χ2n) is 10.4. The second-order valence-corrected chi connectivity index (χ2v) is 10.4. The first-order valence-corrected chi connectivity index (χ1v) is 10.4. The maximum Gasteiger partial charge on any atom is 0.231 e. The van der Waals surface area contributed by atoms with E-state index in [0.29, 0.717) is 30.1 Å². The fraction of sp³-hybridized carbons (Fsp3) is 0.625. The van der Waals surface area contributed by atoms with Gasteiger partial charge in [-0.1, -0.05) is 57.2 Å². The number of allylic oxidation sites excluding steroid dienone is 1. The number of hydrogen-bond acceptors (Lipinski definition) is 2. The normalized spacial score (nSPS) is 46.6. The molecule has 3 saturated carbocycles. The summed E-state index contributed by atoms with van der Waals surface area (Å²) in [5.41, 5.74) is 0.0890. The molecular weight excluding hydrogens is 334 g/mol. The highest BCUT2D eigenvalue weighted by Gasteiger charge is 2.76. The minimum atomic E-state index is -0.636. The van der Waals surface area contributed by atoms with E-state index in [4.69, 9.17) is 4.74 Å². The zero-order valence-electron chi connectivity index (χ0n) is 17.0. The van der Waals surface area contributed by atoms with E-state index < -0.39 is 11.1 Å². The number of carbonyl (C=O) groups is 1. The van der Waals surface area contributed by atoms with Crippen LogP contribution in [0.1, 0.15) is 58.9 Å². The monoisotopic (exact) mass is 365 g/mol. The molecule has 2 aliphatic heterocycles. The summed E-state index contributed by atoms with van der Waals surface area (Å²) in [7, 11) is 0. The molecule has 1 aromatic rings. The van der Waals surface area contributed by atoms with Crippen LogP contribution in [-0.2, 0) is 15.3 Å². The Kier molecular flexibility index (Phi) is 3.27. The van der Waals surface area contributed by atoms with E-state index in [-0.39, 0.29) is 17.6 Å². The topological polar surface area (TPSA) is 29.5 Å². The lowest BCUT2D eigenvalue weighted by atomic mass is 9.43. The molecule has 5 fully saturated rings. The molecule has 0 aromatic heterocycles. The van der Waals surface area contributed by atoms with Crippen molar-refractivity contribution in [3.63, 3.8) is 0 Å². The van der Waals surface area contributed by atoms with Crippen LogP contribution >= 0.6 is 0 Å². The predicted octanol–water partition coefficient (Wildman–Crippen LogP) is 4.88.